The lowest BCUT2D eigenvalue weighted by Crippen LogP contribution is -2.22. The largest absolute Gasteiger partial charge is 0.386 e. The van der Waals surface area contributed by atoms with Crippen molar-refractivity contribution in [2.45, 2.75) is 18.9 Å². The van der Waals surface area contributed by atoms with Crippen LogP contribution in [0.1, 0.15) is 23.8 Å². The predicted octanol–water partition coefficient (Wildman–Crippen LogP) is 2.51. The molecule has 0 saturated carbocycles. The van der Waals surface area contributed by atoms with E-state index in [0.29, 0.717) is 6.54 Å². The number of unbranched alkanes of at least 4 members (excludes halogenated alkanes) is 1. The molecule has 1 rings (SSSR count). The number of thiophene rings is 1. The number of hydrogen-bond acceptors (Lipinski definition) is 4. The highest BCUT2D eigenvalue weighted by atomic mass is 32.2. The Balaban J connectivity index is 2.00. The number of nitrogens with one attached hydrogen (secondary N) is 1. The summed E-state index contributed by atoms with van der Waals surface area (Å²) in [6.07, 6.45) is 4.24. The maximum absolute atomic E-state index is 9.76. The summed E-state index contributed by atoms with van der Waals surface area (Å²) < 4.78 is 0. The summed E-state index contributed by atoms with van der Waals surface area (Å²) in [6, 6.07) is 3.95. The topological polar surface area (TPSA) is 32.3 Å². The normalized spacial score (nSPS) is 12.9. The zero-order valence-electron chi connectivity index (χ0n) is 9.11. The van der Waals surface area contributed by atoms with Crippen molar-refractivity contribution in [3.63, 3.8) is 0 Å². The highest BCUT2D eigenvalue weighted by molar-refractivity contribution is 7.98. The molecular formula is C11H19NOS2. The van der Waals surface area contributed by atoms with Crippen LogP contribution in [0.4, 0.5) is 0 Å². The van der Waals surface area contributed by atoms with Crippen LogP contribution in [0.2, 0.25) is 0 Å². The second-order valence-corrected chi connectivity index (χ2v) is 5.40. The monoisotopic (exact) mass is 245 g/mol. The van der Waals surface area contributed by atoms with E-state index in [2.05, 4.69) is 11.6 Å². The van der Waals surface area contributed by atoms with E-state index in [1.54, 1.807) is 11.3 Å². The van der Waals surface area contributed by atoms with Gasteiger partial charge in [-0.3, -0.25) is 0 Å². The quantitative estimate of drug-likeness (QED) is 0.690. The Morgan fingerprint density at radius 2 is 2.40 bits per heavy atom. The van der Waals surface area contributed by atoms with E-state index in [4.69, 9.17) is 0 Å². The highest BCUT2D eigenvalue weighted by Gasteiger charge is 2.06. The van der Waals surface area contributed by atoms with Crippen LogP contribution in [0, 0.1) is 0 Å². The van der Waals surface area contributed by atoms with Crippen LogP contribution in [-0.4, -0.2) is 30.2 Å². The molecule has 1 heterocycles. The van der Waals surface area contributed by atoms with Gasteiger partial charge < -0.3 is 10.4 Å². The summed E-state index contributed by atoms with van der Waals surface area (Å²) in [6.45, 7) is 1.67. The summed E-state index contributed by atoms with van der Waals surface area (Å²) in [7, 11) is 0. The molecule has 4 heteroatoms. The second-order valence-electron chi connectivity index (χ2n) is 3.44. The van der Waals surface area contributed by atoms with Gasteiger partial charge in [-0.25, -0.2) is 0 Å². The lowest BCUT2D eigenvalue weighted by Gasteiger charge is -2.09. The van der Waals surface area contributed by atoms with Gasteiger partial charge in [-0.1, -0.05) is 6.07 Å². The standard InChI is InChI=1S/C11H19NOS2/c1-14-7-3-2-6-12-9-10(13)11-5-4-8-15-11/h4-5,8,10,12-13H,2-3,6-7,9H2,1H3. The molecular weight excluding hydrogens is 226 g/mol. The molecule has 1 unspecified atom stereocenters. The molecule has 1 aromatic heterocycles. The van der Waals surface area contributed by atoms with Gasteiger partial charge in [0.25, 0.3) is 0 Å². The molecule has 0 spiro atoms. The SMILES string of the molecule is CSCCCCNCC(O)c1cccs1. The summed E-state index contributed by atoms with van der Waals surface area (Å²) in [5.41, 5.74) is 0. The molecule has 15 heavy (non-hydrogen) atoms. The number of hydrogen-bond donors (Lipinski definition) is 2. The van der Waals surface area contributed by atoms with E-state index in [1.807, 2.05) is 29.3 Å². The van der Waals surface area contributed by atoms with Crippen molar-refractivity contribution >= 4 is 23.1 Å². The zero-order chi connectivity index (χ0) is 10.9. The smallest absolute Gasteiger partial charge is 0.101 e. The van der Waals surface area contributed by atoms with Gasteiger partial charge in [-0.05, 0) is 42.8 Å². The Bertz CT molecular complexity index is 239. The van der Waals surface area contributed by atoms with E-state index in [1.165, 1.54) is 18.6 Å². The fourth-order valence-corrected chi connectivity index (χ4v) is 2.52. The molecule has 0 aliphatic carbocycles. The molecule has 2 nitrogen and oxygen atoms in total. The molecule has 1 atom stereocenters. The minimum Gasteiger partial charge on any atom is -0.386 e. The predicted molar refractivity (Wildman–Crippen MR) is 69.8 cm³/mol. The van der Waals surface area contributed by atoms with Crippen LogP contribution in [0.5, 0.6) is 0 Å². The van der Waals surface area contributed by atoms with Crippen molar-refractivity contribution in [1.82, 2.24) is 5.32 Å². The first-order chi connectivity index (χ1) is 7.34. The van der Waals surface area contributed by atoms with Gasteiger partial charge in [0.2, 0.25) is 0 Å². The summed E-state index contributed by atoms with van der Waals surface area (Å²) >= 11 is 3.50. The Morgan fingerprint density at radius 1 is 1.53 bits per heavy atom. The van der Waals surface area contributed by atoms with E-state index in [0.717, 1.165) is 11.4 Å². The maximum Gasteiger partial charge on any atom is 0.101 e. The summed E-state index contributed by atoms with van der Waals surface area (Å²) in [5, 5.41) is 15.0. The van der Waals surface area contributed by atoms with Crippen LogP contribution in [-0.2, 0) is 0 Å². The number of aliphatic hydroxyl groups excluding tert-OH is 1. The van der Waals surface area contributed by atoms with E-state index in [-0.39, 0.29) is 6.10 Å². The molecule has 86 valence electrons. The molecule has 0 aliphatic heterocycles. The van der Waals surface area contributed by atoms with Crippen LogP contribution >= 0.6 is 23.1 Å². The fraction of sp³-hybridized carbons (Fsp3) is 0.636. The van der Waals surface area contributed by atoms with E-state index in [9.17, 15) is 5.11 Å². The summed E-state index contributed by atoms with van der Waals surface area (Å²) in [5.74, 6) is 1.23. The minimum absolute atomic E-state index is 0.342. The first kappa shape index (κ1) is 13.0. The molecule has 0 saturated heterocycles. The maximum atomic E-state index is 9.76. The number of rotatable bonds is 8. The van der Waals surface area contributed by atoms with Crippen LogP contribution in [0.3, 0.4) is 0 Å². The average molecular weight is 245 g/mol. The van der Waals surface area contributed by atoms with Crippen molar-refractivity contribution < 1.29 is 5.11 Å². The Morgan fingerprint density at radius 3 is 3.07 bits per heavy atom. The lowest BCUT2D eigenvalue weighted by atomic mass is 10.3. The van der Waals surface area contributed by atoms with Gasteiger partial charge in [0.05, 0.1) is 0 Å². The third-order valence-electron chi connectivity index (χ3n) is 2.16. The van der Waals surface area contributed by atoms with Gasteiger partial charge in [-0.15, -0.1) is 11.3 Å². The molecule has 0 amide bonds. The fourth-order valence-electron chi connectivity index (χ4n) is 1.32. The summed E-state index contributed by atoms with van der Waals surface area (Å²) in [4.78, 5) is 1.05. The molecule has 0 radical (unpaired) electrons. The minimum atomic E-state index is -0.342. The zero-order valence-corrected chi connectivity index (χ0v) is 10.7. The van der Waals surface area contributed by atoms with Crippen molar-refractivity contribution in [2.75, 3.05) is 25.1 Å². The molecule has 0 aliphatic rings. The van der Waals surface area contributed by atoms with Crippen LogP contribution in [0.15, 0.2) is 17.5 Å². The van der Waals surface area contributed by atoms with Crippen LogP contribution in [0.25, 0.3) is 0 Å². The Kier molecular flexibility index (Phi) is 7.09. The second kappa shape index (κ2) is 8.16. The molecule has 0 fully saturated rings. The Labute approximate surface area is 100 Å². The molecule has 1 aromatic rings. The van der Waals surface area contributed by atoms with Gasteiger partial charge in [0, 0.05) is 11.4 Å². The molecule has 0 bridgehead atoms. The van der Waals surface area contributed by atoms with Crippen molar-refractivity contribution in [1.29, 1.82) is 0 Å². The Hall–Kier alpha value is -0.0300. The highest BCUT2D eigenvalue weighted by Crippen LogP contribution is 2.17. The van der Waals surface area contributed by atoms with Gasteiger partial charge in [-0.2, -0.15) is 11.8 Å². The third-order valence-corrected chi connectivity index (χ3v) is 3.83. The van der Waals surface area contributed by atoms with Gasteiger partial charge >= 0.3 is 0 Å². The molecule has 2 N–H and O–H groups in total. The van der Waals surface area contributed by atoms with Crippen molar-refractivity contribution in [3.05, 3.63) is 22.4 Å². The van der Waals surface area contributed by atoms with Gasteiger partial charge in [0.15, 0.2) is 0 Å². The molecule has 0 aromatic carbocycles. The van der Waals surface area contributed by atoms with Crippen molar-refractivity contribution in [3.8, 4) is 0 Å². The third kappa shape index (κ3) is 5.56. The average Bonchev–Trinajstić information content (AvgIpc) is 2.76. The number of thioether (sulfide) groups is 1. The van der Waals surface area contributed by atoms with Gasteiger partial charge in [0.1, 0.15) is 6.10 Å². The van der Waals surface area contributed by atoms with E-state index >= 15 is 0 Å². The lowest BCUT2D eigenvalue weighted by molar-refractivity contribution is 0.178. The van der Waals surface area contributed by atoms with E-state index < -0.39 is 0 Å². The van der Waals surface area contributed by atoms with Crippen LogP contribution < -0.4 is 5.32 Å². The van der Waals surface area contributed by atoms with Crippen molar-refractivity contribution in [2.24, 2.45) is 0 Å². The first-order valence-corrected chi connectivity index (χ1v) is 7.53. The number of aliphatic hydroxyl groups is 1. The first-order valence-electron chi connectivity index (χ1n) is 5.25.